The minimum atomic E-state index is -1.51. The van der Waals surface area contributed by atoms with Gasteiger partial charge < -0.3 is 39.3 Å². The lowest BCUT2D eigenvalue weighted by atomic mass is 9.80. The number of hydrogen-bond acceptors (Lipinski definition) is 12. The summed E-state index contributed by atoms with van der Waals surface area (Å²) < 4.78 is 13.1. The summed E-state index contributed by atoms with van der Waals surface area (Å²) in [4.78, 5) is 40.5. The maximum Gasteiger partial charge on any atom is 0.488 e. The first-order chi connectivity index (χ1) is 30.6. The maximum absolute atomic E-state index is 11.7. The predicted molar refractivity (Wildman–Crippen MR) is 274 cm³/mol. The van der Waals surface area contributed by atoms with Gasteiger partial charge in [0.25, 0.3) is 0 Å². The van der Waals surface area contributed by atoms with E-state index in [4.69, 9.17) is 77.8 Å². The highest BCUT2D eigenvalue weighted by Crippen LogP contribution is 2.29. The van der Waals surface area contributed by atoms with E-state index in [0.29, 0.717) is 67.2 Å². The van der Waals surface area contributed by atoms with Crippen molar-refractivity contribution in [1.29, 1.82) is 0 Å². The van der Waals surface area contributed by atoms with Crippen LogP contribution in [0.1, 0.15) is 54.1 Å². The second-order valence-corrected chi connectivity index (χ2v) is 15.8. The van der Waals surface area contributed by atoms with Crippen molar-refractivity contribution in [3.8, 4) is 11.4 Å². The number of benzene rings is 4. The van der Waals surface area contributed by atoms with E-state index in [9.17, 15) is 9.59 Å². The highest BCUT2D eigenvalue weighted by molar-refractivity contribution is 6.58. The van der Waals surface area contributed by atoms with Gasteiger partial charge in [-0.3, -0.25) is 0 Å². The Morgan fingerprint density at radius 1 is 0.597 bits per heavy atom. The highest BCUT2D eigenvalue weighted by Gasteiger charge is 2.16. The fourth-order valence-electron chi connectivity index (χ4n) is 6.20. The summed E-state index contributed by atoms with van der Waals surface area (Å²) >= 11 is 30.3. The van der Waals surface area contributed by atoms with Gasteiger partial charge in [-0.25, -0.2) is 24.5 Å². The number of ether oxygens (including phenoxy) is 2. The smallest absolute Gasteiger partial charge is 0.465 e. The summed E-state index contributed by atoms with van der Waals surface area (Å²) in [5.41, 5.74) is 7.20. The lowest BCUT2D eigenvalue weighted by Crippen LogP contribution is -2.29. The number of fused-ring (bicyclic) bond motifs is 2. The lowest BCUT2D eigenvalue weighted by Gasteiger charge is -2.12. The molecule has 4 N–H and O–H groups in total. The molecule has 0 saturated heterocycles. The van der Waals surface area contributed by atoms with Gasteiger partial charge in [0.15, 0.2) is 17.5 Å². The van der Waals surface area contributed by atoms with Gasteiger partial charge in [-0.1, -0.05) is 105 Å². The molecule has 0 radical (unpaired) electrons. The summed E-state index contributed by atoms with van der Waals surface area (Å²) in [7, 11) is 5.01. The minimum absolute atomic E-state index is 0. The summed E-state index contributed by atoms with van der Waals surface area (Å²) in [6, 6.07) is 27.5. The van der Waals surface area contributed by atoms with E-state index in [-0.39, 0.29) is 33.5 Å². The van der Waals surface area contributed by atoms with Crippen LogP contribution in [0.3, 0.4) is 0 Å². The fourth-order valence-corrected chi connectivity index (χ4v) is 7.33. The number of aromatic nitrogens is 6. The van der Waals surface area contributed by atoms with E-state index in [1.54, 1.807) is 48.5 Å². The molecular weight excluding hydrogens is 961 g/mol. The first-order valence-electron chi connectivity index (χ1n) is 19.1. The van der Waals surface area contributed by atoms with Crippen LogP contribution in [-0.2, 0) is 36.7 Å². The number of carbonyl (C=O) groups excluding carboxylic acids is 2. The fraction of sp³-hybridized carbons (Fsp3) is 0.191. The Kier molecular flexibility index (Phi) is 20.9. The van der Waals surface area contributed by atoms with Crippen molar-refractivity contribution in [2.75, 3.05) is 24.9 Å². The average Bonchev–Trinajstić information content (AvgIpc) is 3.86. The predicted octanol–water partition coefficient (Wildman–Crippen LogP) is 10.9. The van der Waals surface area contributed by atoms with E-state index < -0.39 is 13.1 Å². The molecule has 4 heterocycles. The van der Waals surface area contributed by atoms with Crippen LogP contribution in [0.25, 0.3) is 33.5 Å². The zero-order valence-electron chi connectivity index (χ0n) is 34.5. The third-order valence-electron chi connectivity index (χ3n) is 9.53. The average molecular weight is 1010 g/mol. The van der Waals surface area contributed by atoms with E-state index in [1.165, 1.54) is 38.5 Å². The van der Waals surface area contributed by atoms with Crippen LogP contribution < -0.4 is 16.1 Å². The molecule has 8 aromatic rings. The Morgan fingerprint density at radius 3 is 1.46 bits per heavy atom. The molecule has 0 amide bonds. The zero-order chi connectivity index (χ0) is 46.1. The Bertz CT molecular complexity index is 2930. The Labute approximate surface area is 414 Å². The number of nitrogens with zero attached hydrogens (tertiary/aromatic N) is 6. The zero-order valence-corrected chi connectivity index (χ0v) is 38.3. The molecule has 0 bridgehead atoms. The molecule has 8 rings (SSSR count). The van der Waals surface area contributed by atoms with E-state index >= 15 is 0 Å². The van der Waals surface area contributed by atoms with Crippen LogP contribution in [0.15, 0.2) is 109 Å². The largest absolute Gasteiger partial charge is 0.488 e. The molecule has 4 aromatic carbocycles. The second-order valence-electron chi connectivity index (χ2n) is 13.8. The van der Waals surface area contributed by atoms with Crippen molar-refractivity contribution in [3.05, 3.63) is 157 Å². The SMILES string of the molecule is C.C.C.COC(=O)c1ccc(-c2nc(NCc3ccc(Cl)cc3Cl)c3c(ccn3C)n2)cc1.COC(=O)c1ccc(B(O)O)cc1.Cn1ccc2nc(Cl)nc(NCc3ccc(Cl)cc3Cl)c21. The molecule has 0 spiro atoms. The molecule has 20 heteroatoms. The number of aryl methyl sites for hydroxylation is 2. The van der Waals surface area contributed by atoms with Crippen LogP contribution in [0.5, 0.6) is 0 Å². The van der Waals surface area contributed by atoms with Gasteiger partial charge in [-0.2, -0.15) is 4.98 Å². The van der Waals surface area contributed by atoms with E-state index in [2.05, 4.69) is 30.3 Å². The van der Waals surface area contributed by atoms with Gasteiger partial charge in [-0.15, -0.1) is 0 Å². The molecule has 0 fully saturated rings. The maximum atomic E-state index is 11.7. The summed E-state index contributed by atoms with van der Waals surface area (Å²) in [5, 5.41) is 26.7. The number of rotatable bonds is 10. The van der Waals surface area contributed by atoms with Gasteiger partial charge in [0.2, 0.25) is 5.28 Å². The number of hydrogen-bond donors (Lipinski definition) is 4. The van der Waals surface area contributed by atoms with Crippen LogP contribution in [0.2, 0.25) is 25.4 Å². The van der Waals surface area contributed by atoms with E-state index in [0.717, 1.165) is 38.8 Å². The van der Waals surface area contributed by atoms with Crippen molar-refractivity contribution < 1.29 is 29.1 Å². The highest BCUT2D eigenvalue weighted by atomic mass is 35.5. The van der Waals surface area contributed by atoms with Gasteiger partial charge in [0.1, 0.15) is 11.0 Å². The van der Waals surface area contributed by atoms with Gasteiger partial charge in [0, 0.05) is 65.2 Å². The van der Waals surface area contributed by atoms with Gasteiger partial charge >= 0.3 is 19.1 Å². The molecule has 352 valence electrons. The van der Waals surface area contributed by atoms with Crippen molar-refractivity contribution in [3.63, 3.8) is 0 Å². The molecule has 0 aliphatic rings. The topological polar surface area (TPSA) is 179 Å². The Balaban J connectivity index is 0.000000282. The van der Waals surface area contributed by atoms with Crippen LogP contribution >= 0.6 is 58.0 Å². The monoisotopic (exact) mass is 1010 g/mol. The molecule has 4 aromatic heterocycles. The minimum Gasteiger partial charge on any atom is -0.465 e. The quantitative estimate of drug-likeness (QED) is 0.0580. The van der Waals surface area contributed by atoms with Crippen LogP contribution in [0, 0.1) is 0 Å². The number of carbonyl (C=O) groups is 2. The third-order valence-corrected chi connectivity index (χ3v) is 10.9. The first-order valence-corrected chi connectivity index (χ1v) is 20.9. The van der Waals surface area contributed by atoms with Crippen molar-refractivity contribution in [2.45, 2.75) is 35.4 Å². The summed E-state index contributed by atoms with van der Waals surface area (Å²) in [6.45, 7) is 0.998. The van der Waals surface area contributed by atoms with Crippen molar-refractivity contribution >= 4 is 116 Å². The molecule has 0 aliphatic heterocycles. The van der Waals surface area contributed by atoms with E-state index in [1.807, 2.05) is 59.9 Å². The number of halogens is 5. The molecule has 14 nitrogen and oxygen atoms in total. The molecule has 67 heavy (non-hydrogen) atoms. The number of anilines is 2. The normalized spacial score (nSPS) is 10.2. The second kappa shape index (κ2) is 25.3. The Morgan fingerprint density at radius 2 is 1.03 bits per heavy atom. The van der Waals surface area contributed by atoms with Gasteiger partial charge in [-0.05, 0) is 88.9 Å². The number of methoxy groups -OCH3 is 2. The standard InChI is InChI=1S/C22H18Cl2N4O2.C14H11Cl3N4.C8H9BO4.3CH4/c1-28-10-9-18-19(28)21(25-12-15-7-8-16(23)11-17(15)24)27-20(26-18)13-3-5-14(6-4-13)22(29)30-2;1-21-5-4-11-12(21)13(20-14(17)19-11)18-7-8-2-3-9(15)6-10(8)16;1-13-8(10)6-2-4-7(5-3-6)9(11)12;;;/h3-11H,12H2,1-2H3,(H,25,26,27);2-6H,7H2,1H3,(H,18,19,20);2-5,11-12H,1H3;3*1H4. The van der Waals surface area contributed by atoms with Crippen LogP contribution in [-0.4, -0.2) is 72.4 Å². The molecule has 0 saturated carbocycles. The van der Waals surface area contributed by atoms with Crippen LogP contribution in [0.4, 0.5) is 11.6 Å². The molecule has 0 atom stereocenters. The molecular formula is C47H50BCl5N8O6. The number of esters is 2. The summed E-state index contributed by atoms with van der Waals surface area (Å²) in [5.74, 6) is 1.08. The summed E-state index contributed by atoms with van der Waals surface area (Å²) in [6.07, 6.45) is 3.85. The number of nitrogens with one attached hydrogen (secondary N) is 2. The van der Waals surface area contributed by atoms with Gasteiger partial charge in [0.05, 0.1) is 36.4 Å². The van der Waals surface area contributed by atoms with Crippen molar-refractivity contribution in [2.24, 2.45) is 14.1 Å². The lowest BCUT2D eigenvalue weighted by molar-refractivity contribution is 0.0592. The molecule has 0 aliphatic carbocycles. The first kappa shape index (κ1) is 55.4. The molecule has 0 unspecified atom stereocenters. The Hall–Kier alpha value is -5.91. The van der Waals surface area contributed by atoms with Crippen molar-refractivity contribution in [1.82, 2.24) is 29.1 Å². The third kappa shape index (κ3) is 14.1.